The average molecular weight is 300 g/mol. The molecule has 1 saturated heterocycles. The van der Waals surface area contributed by atoms with Crippen LogP contribution in [0, 0.1) is 0 Å². The van der Waals surface area contributed by atoms with E-state index in [2.05, 4.69) is 22.0 Å². The predicted molar refractivity (Wildman–Crippen MR) is 74.6 cm³/mol. The number of aliphatic hydroxyl groups excluding tert-OH is 1. The number of carboxylic acid groups (broad SMARTS) is 1. The van der Waals surface area contributed by atoms with E-state index in [1.807, 2.05) is 4.57 Å². The van der Waals surface area contributed by atoms with Crippen LogP contribution in [0.2, 0.25) is 0 Å². The van der Waals surface area contributed by atoms with Gasteiger partial charge in [0.2, 0.25) is 0 Å². The number of aliphatic hydroxyl groups is 1. The van der Waals surface area contributed by atoms with Crippen LogP contribution in [0.25, 0.3) is 0 Å². The fourth-order valence-corrected chi connectivity index (χ4v) is 3.10. The van der Waals surface area contributed by atoms with Crippen molar-refractivity contribution in [3.63, 3.8) is 0 Å². The molecule has 2 rings (SSSR count). The summed E-state index contributed by atoms with van der Waals surface area (Å²) in [5.74, 6) is -0.451. The first-order chi connectivity index (χ1) is 9.61. The first-order valence-electron chi connectivity index (χ1n) is 6.73. The average Bonchev–Trinajstić information content (AvgIpc) is 3.05. The van der Waals surface area contributed by atoms with Crippen molar-refractivity contribution >= 4 is 17.7 Å². The van der Waals surface area contributed by atoms with Gasteiger partial charge in [0, 0.05) is 12.6 Å². The maximum atomic E-state index is 10.7. The Morgan fingerprint density at radius 1 is 1.40 bits per heavy atom. The molecule has 0 spiro atoms. The quantitative estimate of drug-likeness (QED) is 0.706. The number of hydrogen-bond acceptors (Lipinski definition) is 6. The van der Waals surface area contributed by atoms with Crippen molar-refractivity contribution in [3.05, 3.63) is 5.82 Å². The van der Waals surface area contributed by atoms with Crippen LogP contribution in [0.3, 0.4) is 0 Å². The molecule has 7 nitrogen and oxygen atoms in total. The van der Waals surface area contributed by atoms with Crippen molar-refractivity contribution in [2.24, 2.45) is 0 Å². The van der Waals surface area contributed by atoms with Crippen molar-refractivity contribution < 1.29 is 15.0 Å². The van der Waals surface area contributed by atoms with Gasteiger partial charge in [0.25, 0.3) is 0 Å². The van der Waals surface area contributed by atoms with E-state index in [1.165, 1.54) is 12.8 Å². The molecule has 2 heterocycles. The smallest absolute Gasteiger partial charge is 0.313 e. The summed E-state index contributed by atoms with van der Waals surface area (Å²) in [4.78, 5) is 13.1. The van der Waals surface area contributed by atoms with E-state index in [9.17, 15) is 9.90 Å². The van der Waals surface area contributed by atoms with Gasteiger partial charge in [-0.3, -0.25) is 9.69 Å². The van der Waals surface area contributed by atoms with Crippen molar-refractivity contribution in [1.82, 2.24) is 19.7 Å². The molecule has 2 N–H and O–H groups in total. The number of rotatable bonds is 7. The molecule has 1 aromatic heterocycles. The van der Waals surface area contributed by atoms with Crippen molar-refractivity contribution in [3.8, 4) is 0 Å². The molecular weight excluding hydrogens is 280 g/mol. The summed E-state index contributed by atoms with van der Waals surface area (Å²) >= 11 is 1.14. The van der Waals surface area contributed by atoms with Gasteiger partial charge in [0.05, 0.1) is 5.75 Å². The Hall–Kier alpha value is -1.12. The Morgan fingerprint density at radius 3 is 2.70 bits per heavy atom. The van der Waals surface area contributed by atoms with Crippen molar-refractivity contribution in [2.75, 3.05) is 18.8 Å². The van der Waals surface area contributed by atoms with Gasteiger partial charge in [-0.05, 0) is 32.9 Å². The zero-order valence-corrected chi connectivity index (χ0v) is 12.3. The third-order valence-corrected chi connectivity index (χ3v) is 4.42. The van der Waals surface area contributed by atoms with E-state index in [0.717, 1.165) is 24.9 Å². The van der Waals surface area contributed by atoms with Crippen LogP contribution in [0.5, 0.6) is 0 Å². The number of carboxylic acids is 1. The molecule has 0 aromatic carbocycles. The van der Waals surface area contributed by atoms with Crippen LogP contribution in [-0.2, 0) is 17.9 Å². The lowest BCUT2D eigenvalue weighted by atomic mass is 10.3. The number of aliphatic carboxylic acids is 1. The van der Waals surface area contributed by atoms with Crippen molar-refractivity contribution in [2.45, 2.75) is 44.1 Å². The van der Waals surface area contributed by atoms with Crippen LogP contribution < -0.4 is 0 Å². The van der Waals surface area contributed by atoms with E-state index >= 15 is 0 Å². The number of carbonyl (C=O) groups is 1. The third-order valence-electron chi connectivity index (χ3n) is 3.47. The molecule has 1 atom stereocenters. The van der Waals surface area contributed by atoms with Gasteiger partial charge >= 0.3 is 5.97 Å². The lowest BCUT2D eigenvalue weighted by Gasteiger charge is -2.24. The molecule has 1 fully saturated rings. The minimum absolute atomic E-state index is 0.0539. The fraction of sp³-hybridized carbons (Fsp3) is 0.750. The number of nitrogens with zero attached hydrogens (tertiary/aromatic N) is 4. The second kappa shape index (κ2) is 7.05. The molecule has 0 saturated carbocycles. The highest BCUT2D eigenvalue weighted by Gasteiger charge is 2.21. The third kappa shape index (κ3) is 3.71. The first kappa shape index (κ1) is 15.3. The van der Waals surface area contributed by atoms with Crippen molar-refractivity contribution in [1.29, 1.82) is 0 Å². The first-order valence-corrected chi connectivity index (χ1v) is 7.72. The van der Waals surface area contributed by atoms with Gasteiger partial charge < -0.3 is 14.8 Å². The lowest BCUT2D eigenvalue weighted by molar-refractivity contribution is -0.133. The van der Waals surface area contributed by atoms with Crippen LogP contribution in [0.15, 0.2) is 5.16 Å². The Bertz CT molecular complexity index is 460. The molecule has 112 valence electrons. The highest BCUT2D eigenvalue weighted by atomic mass is 32.2. The maximum Gasteiger partial charge on any atom is 0.313 e. The number of likely N-dealkylation sites (tertiary alicyclic amines) is 1. The number of aromatic nitrogens is 3. The summed E-state index contributed by atoms with van der Waals surface area (Å²) in [6, 6.07) is 0.322. The van der Waals surface area contributed by atoms with Crippen LogP contribution in [0.1, 0.15) is 25.6 Å². The van der Waals surface area contributed by atoms with Gasteiger partial charge in [0.1, 0.15) is 6.61 Å². The van der Waals surface area contributed by atoms with Crippen LogP contribution in [0.4, 0.5) is 0 Å². The van der Waals surface area contributed by atoms with E-state index in [1.54, 1.807) is 0 Å². The van der Waals surface area contributed by atoms with Gasteiger partial charge in [-0.15, -0.1) is 10.2 Å². The summed E-state index contributed by atoms with van der Waals surface area (Å²) in [7, 11) is 0. The summed E-state index contributed by atoms with van der Waals surface area (Å²) in [5, 5.41) is 26.5. The van der Waals surface area contributed by atoms with E-state index < -0.39 is 5.97 Å². The Morgan fingerprint density at radius 2 is 2.10 bits per heavy atom. The summed E-state index contributed by atoms with van der Waals surface area (Å²) in [6.45, 7) is 4.81. The van der Waals surface area contributed by atoms with Gasteiger partial charge in [-0.1, -0.05) is 11.8 Å². The number of thioether (sulfide) groups is 1. The zero-order chi connectivity index (χ0) is 14.5. The Labute approximate surface area is 122 Å². The molecule has 1 aliphatic heterocycles. The molecule has 0 radical (unpaired) electrons. The second-order valence-corrected chi connectivity index (χ2v) is 5.88. The topological polar surface area (TPSA) is 91.5 Å². The Kier molecular flexibility index (Phi) is 5.38. The molecule has 0 aliphatic carbocycles. The predicted octanol–water partition coefficient (Wildman–Crippen LogP) is 0.431. The minimum Gasteiger partial charge on any atom is -0.481 e. The molecule has 0 bridgehead atoms. The van der Waals surface area contributed by atoms with Gasteiger partial charge in [-0.25, -0.2) is 0 Å². The van der Waals surface area contributed by atoms with Gasteiger partial charge in [-0.2, -0.15) is 0 Å². The maximum absolute atomic E-state index is 10.7. The van der Waals surface area contributed by atoms with E-state index in [-0.39, 0.29) is 12.4 Å². The van der Waals surface area contributed by atoms with Crippen LogP contribution >= 0.6 is 11.8 Å². The fourth-order valence-electron chi connectivity index (χ4n) is 2.41. The summed E-state index contributed by atoms with van der Waals surface area (Å²) in [5.41, 5.74) is 0. The Balaban J connectivity index is 2.07. The highest BCUT2D eigenvalue weighted by Crippen LogP contribution is 2.20. The molecule has 1 aliphatic rings. The molecule has 20 heavy (non-hydrogen) atoms. The van der Waals surface area contributed by atoms with Crippen LogP contribution in [-0.4, -0.2) is 60.7 Å². The number of hydrogen-bond donors (Lipinski definition) is 2. The molecule has 1 unspecified atom stereocenters. The largest absolute Gasteiger partial charge is 0.481 e. The molecule has 8 heteroatoms. The summed E-state index contributed by atoms with van der Waals surface area (Å²) < 4.78 is 1.83. The normalized spacial score (nSPS) is 17.5. The summed E-state index contributed by atoms with van der Waals surface area (Å²) in [6.07, 6.45) is 2.44. The standard InChI is InChI=1S/C12H20N4O3S/c1-9(15-4-2-3-5-15)6-16-10(7-17)13-14-12(16)20-8-11(18)19/h9,17H,2-8H2,1H3,(H,18,19). The highest BCUT2D eigenvalue weighted by molar-refractivity contribution is 7.99. The molecule has 0 amide bonds. The zero-order valence-electron chi connectivity index (χ0n) is 11.5. The lowest BCUT2D eigenvalue weighted by Crippen LogP contribution is -2.34. The molecular formula is C12H20N4O3S. The van der Waals surface area contributed by atoms with E-state index in [4.69, 9.17) is 5.11 Å². The second-order valence-electron chi connectivity index (χ2n) is 4.94. The molecule has 1 aromatic rings. The van der Waals surface area contributed by atoms with Gasteiger partial charge in [0.15, 0.2) is 11.0 Å². The SMILES string of the molecule is CC(Cn1c(CO)nnc1SCC(=O)O)N1CCCC1. The minimum atomic E-state index is -0.886. The van der Waals surface area contributed by atoms with E-state index in [0.29, 0.717) is 23.6 Å². The monoisotopic (exact) mass is 300 g/mol.